The molecule has 0 aliphatic heterocycles. The summed E-state index contributed by atoms with van der Waals surface area (Å²) < 4.78 is 1.97. The van der Waals surface area contributed by atoms with Gasteiger partial charge in [-0.05, 0) is 55.2 Å². The Morgan fingerprint density at radius 3 is 2.95 bits per heavy atom. The number of hydrogen-bond donors (Lipinski definition) is 0. The molecule has 3 heteroatoms. The quantitative estimate of drug-likeness (QED) is 0.609. The number of hydrogen-bond acceptors (Lipinski definition) is 1. The van der Waals surface area contributed by atoms with E-state index in [0.29, 0.717) is 5.92 Å². The summed E-state index contributed by atoms with van der Waals surface area (Å²) in [7, 11) is 2.01. The summed E-state index contributed by atoms with van der Waals surface area (Å²) in [4.78, 5) is 0. The van der Waals surface area contributed by atoms with Gasteiger partial charge in [-0.25, -0.2) is 0 Å². The summed E-state index contributed by atoms with van der Waals surface area (Å²) >= 11 is 6.78. The molecule has 0 amide bonds. The van der Waals surface area contributed by atoms with Gasteiger partial charge in [-0.1, -0.05) is 24.3 Å². The van der Waals surface area contributed by atoms with Crippen LogP contribution in [-0.2, 0) is 19.9 Å². The summed E-state index contributed by atoms with van der Waals surface area (Å²) in [6.07, 6.45) is 7.71. The molecule has 0 fully saturated rings. The molecule has 3 rings (SSSR count). The molecule has 0 bridgehead atoms. The van der Waals surface area contributed by atoms with E-state index in [1.165, 1.54) is 36.1 Å². The van der Waals surface area contributed by atoms with E-state index in [9.17, 15) is 0 Å². The smallest absolute Gasteiger partial charge is 0.0616 e. The molecule has 0 saturated carbocycles. The summed E-state index contributed by atoms with van der Waals surface area (Å²) in [5.74, 6) is 0.565. The van der Waals surface area contributed by atoms with E-state index in [4.69, 9.17) is 11.6 Å². The second kappa shape index (κ2) is 6.01. The van der Waals surface area contributed by atoms with Crippen LogP contribution in [0.4, 0.5) is 0 Å². The maximum atomic E-state index is 6.78. The number of benzene rings is 1. The van der Waals surface area contributed by atoms with Gasteiger partial charge in [-0.2, -0.15) is 5.10 Å². The first-order chi connectivity index (χ1) is 9.75. The molecule has 1 aromatic heterocycles. The molecule has 0 saturated heterocycles. The highest BCUT2D eigenvalue weighted by atomic mass is 35.5. The first-order valence-corrected chi connectivity index (χ1v) is 7.88. The van der Waals surface area contributed by atoms with E-state index < -0.39 is 0 Å². The molecule has 1 aliphatic carbocycles. The monoisotopic (exact) mass is 288 g/mol. The molecule has 2 atom stereocenters. The third-order valence-corrected chi connectivity index (χ3v) is 5.07. The molecule has 0 N–H and O–H groups in total. The summed E-state index contributed by atoms with van der Waals surface area (Å²) in [5.41, 5.74) is 4.09. The zero-order valence-corrected chi connectivity index (χ0v) is 12.7. The molecular formula is C17H21ClN2. The van der Waals surface area contributed by atoms with Gasteiger partial charge in [0, 0.05) is 18.9 Å². The van der Waals surface area contributed by atoms with Crippen LogP contribution < -0.4 is 0 Å². The molecule has 0 radical (unpaired) electrons. The van der Waals surface area contributed by atoms with Crippen LogP contribution in [0.5, 0.6) is 0 Å². The minimum absolute atomic E-state index is 0.155. The Labute approximate surface area is 125 Å². The Kier molecular flexibility index (Phi) is 4.11. The number of aromatic nitrogens is 2. The van der Waals surface area contributed by atoms with Crippen molar-refractivity contribution in [3.05, 3.63) is 53.3 Å². The molecule has 20 heavy (non-hydrogen) atoms. The number of fused-ring (bicyclic) bond motifs is 1. The Bertz CT molecular complexity index is 576. The first-order valence-electron chi connectivity index (χ1n) is 7.44. The molecule has 2 aromatic rings. The number of rotatable bonds is 3. The van der Waals surface area contributed by atoms with Crippen molar-refractivity contribution < 1.29 is 0 Å². The predicted molar refractivity (Wildman–Crippen MR) is 83.0 cm³/mol. The second-order valence-corrected chi connectivity index (χ2v) is 6.21. The van der Waals surface area contributed by atoms with Crippen LogP contribution in [0.25, 0.3) is 0 Å². The normalized spacial score (nSPS) is 22.3. The number of nitrogens with zero attached hydrogens (tertiary/aromatic N) is 2. The first kappa shape index (κ1) is 13.7. The Morgan fingerprint density at radius 1 is 1.30 bits per heavy atom. The average Bonchev–Trinajstić information content (AvgIpc) is 2.80. The third-order valence-electron chi connectivity index (χ3n) is 4.48. The van der Waals surface area contributed by atoms with Crippen molar-refractivity contribution in [1.29, 1.82) is 0 Å². The lowest BCUT2D eigenvalue weighted by atomic mass is 9.91. The summed E-state index contributed by atoms with van der Waals surface area (Å²) in [6.45, 7) is 0. The van der Waals surface area contributed by atoms with Crippen LogP contribution in [0.1, 0.15) is 41.5 Å². The molecule has 1 aromatic carbocycles. The maximum Gasteiger partial charge on any atom is 0.0616 e. The molecule has 2 nitrogen and oxygen atoms in total. The van der Waals surface area contributed by atoms with Crippen LogP contribution in [-0.4, -0.2) is 9.78 Å². The number of aryl methyl sites for hydroxylation is 3. The zero-order valence-electron chi connectivity index (χ0n) is 11.9. The van der Waals surface area contributed by atoms with E-state index in [-0.39, 0.29) is 5.38 Å². The summed E-state index contributed by atoms with van der Waals surface area (Å²) in [5, 5.41) is 4.39. The van der Waals surface area contributed by atoms with E-state index in [1.807, 2.05) is 17.9 Å². The maximum absolute atomic E-state index is 6.78. The van der Waals surface area contributed by atoms with Crippen molar-refractivity contribution in [1.82, 2.24) is 9.78 Å². The van der Waals surface area contributed by atoms with Gasteiger partial charge < -0.3 is 0 Å². The van der Waals surface area contributed by atoms with E-state index in [1.54, 1.807) is 0 Å². The Hall–Kier alpha value is -1.28. The van der Waals surface area contributed by atoms with Gasteiger partial charge in [0.05, 0.1) is 5.38 Å². The van der Waals surface area contributed by atoms with Crippen molar-refractivity contribution in [3.8, 4) is 0 Å². The fourth-order valence-corrected chi connectivity index (χ4v) is 3.72. The zero-order chi connectivity index (χ0) is 13.9. The van der Waals surface area contributed by atoms with Crippen molar-refractivity contribution in [2.45, 2.75) is 37.5 Å². The summed E-state index contributed by atoms with van der Waals surface area (Å²) in [6, 6.07) is 10.8. The lowest BCUT2D eigenvalue weighted by molar-refractivity contribution is 0.430. The number of alkyl halides is 1. The van der Waals surface area contributed by atoms with Crippen LogP contribution in [0.15, 0.2) is 36.5 Å². The van der Waals surface area contributed by atoms with Gasteiger partial charge in [0.15, 0.2) is 0 Å². The van der Waals surface area contributed by atoms with E-state index in [0.717, 1.165) is 12.8 Å². The van der Waals surface area contributed by atoms with Gasteiger partial charge in [-0.15, -0.1) is 11.6 Å². The van der Waals surface area contributed by atoms with Crippen LogP contribution in [0.3, 0.4) is 0 Å². The van der Waals surface area contributed by atoms with Crippen LogP contribution >= 0.6 is 11.6 Å². The largest absolute Gasteiger partial charge is 0.273 e. The minimum atomic E-state index is 0.155. The lowest BCUT2D eigenvalue weighted by Gasteiger charge is -2.21. The van der Waals surface area contributed by atoms with Gasteiger partial charge in [0.2, 0.25) is 0 Å². The average molecular weight is 289 g/mol. The molecular weight excluding hydrogens is 268 g/mol. The van der Waals surface area contributed by atoms with Gasteiger partial charge in [0.25, 0.3) is 0 Å². The van der Waals surface area contributed by atoms with E-state index in [2.05, 4.69) is 35.4 Å². The highest BCUT2D eigenvalue weighted by Crippen LogP contribution is 2.39. The molecule has 106 valence electrons. The van der Waals surface area contributed by atoms with Gasteiger partial charge in [-0.3, -0.25) is 4.68 Å². The second-order valence-electron chi connectivity index (χ2n) is 5.74. The Morgan fingerprint density at radius 2 is 2.15 bits per heavy atom. The highest BCUT2D eigenvalue weighted by molar-refractivity contribution is 6.21. The van der Waals surface area contributed by atoms with Crippen molar-refractivity contribution in [2.24, 2.45) is 13.0 Å². The van der Waals surface area contributed by atoms with Crippen molar-refractivity contribution in [3.63, 3.8) is 0 Å². The lowest BCUT2D eigenvalue weighted by Crippen LogP contribution is -2.10. The van der Waals surface area contributed by atoms with Crippen molar-refractivity contribution >= 4 is 11.6 Å². The molecule has 0 spiro atoms. The van der Waals surface area contributed by atoms with E-state index >= 15 is 0 Å². The highest BCUT2D eigenvalue weighted by Gasteiger charge is 2.25. The van der Waals surface area contributed by atoms with Crippen LogP contribution in [0, 0.1) is 5.92 Å². The SMILES string of the molecule is Cn1nccc1CCC1CCCc2ccccc2C1Cl. The minimum Gasteiger partial charge on any atom is -0.273 e. The molecule has 1 aliphatic rings. The fraction of sp³-hybridized carbons (Fsp3) is 0.471. The van der Waals surface area contributed by atoms with Crippen LogP contribution in [0.2, 0.25) is 0 Å². The fourth-order valence-electron chi connectivity index (χ4n) is 3.26. The van der Waals surface area contributed by atoms with Gasteiger partial charge in [0.1, 0.15) is 0 Å². The predicted octanol–water partition coefficient (Wildman–Crippen LogP) is 4.29. The number of halogens is 1. The molecule has 1 heterocycles. The standard InChI is InChI=1S/C17H21ClN2/c1-20-15(11-12-19-20)10-9-14-7-4-6-13-5-2-3-8-16(13)17(14)18/h2-3,5,8,11-12,14,17H,4,6-7,9-10H2,1H3. The third kappa shape index (κ3) is 2.76. The molecule has 2 unspecified atom stereocenters. The van der Waals surface area contributed by atoms with Gasteiger partial charge >= 0.3 is 0 Å². The topological polar surface area (TPSA) is 17.8 Å². The van der Waals surface area contributed by atoms with Crippen molar-refractivity contribution in [2.75, 3.05) is 0 Å². The Balaban J connectivity index is 1.73.